The predicted octanol–water partition coefficient (Wildman–Crippen LogP) is 3.92. The van der Waals surface area contributed by atoms with Gasteiger partial charge in [0.05, 0.1) is 0 Å². The molecule has 1 nitrogen and oxygen atoms in total. The molecule has 16 heavy (non-hydrogen) atoms. The lowest BCUT2D eigenvalue weighted by Gasteiger charge is -2.21. The first-order valence-corrected chi connectivity index (χ1v) is 7.29. The fourth-order valence-electron chi connectivity index (χ4n) is 2.01. The van der Waals surface area contributed by atoms with Crippen LogP contribution in [0.2, 0.25) is 0 Å². The molecule has 1 aliphatic rings. The first-order chi connectivity index (χ1) is 7.74. The quantitative estimate of drug-likeness (QED) is 0.807. The standard InChI is InChI=1S/C12H19NS.C2H6/c1-4-9-7-6-8-11(13)12(14-3)10(9)5-2;1-2/h4-5,11-12H,1-2,6-8,13H2,3H3;1-2H3. The molecule has 1 rings (SSSR count). The normalized spacial score (nSPS) is 25.2. The summed E-state index contributed by atoms with van der Waals surface area (Å²) in [6.07, 6.45) is 9.37. The second-order valence-corrected chi connectivity index (χ2v) is 4.58. The average molecular weight is 239 g/mol. The summed E-state index contributed by atoms with van der Waals surface area (Å²) in [5.41, 5.74) is 8.75. The van der Waals surface area contributed by atoms with Crippen LogP contribution >= 0.6 is 11.8 Å². The Morgan fingerprint density at radius 2 is 1.94 bits per heavy atom. The van der Waals surface area contributed by atoms with Crippen molar-refractivity contribution in [1.29, 1.82) is 0 Å². The lowest BCUT2D eigenvalue weighted by atomic mass is 10.0. The van der Waals surface area contributed by atoms with Gasteiger partial charge in [0.25, 0.3) is 0 Å². The molecule has 0 saturated heterocycles. The zero-order chi connectivity index (χ0) is 12.6. The molecular weight excluding hydrogens is 214 g/mol. The molecule has 2 N–H and O–H groups in total. The van der Waals surface area contributed by atoms with Gasteiger partial charge in [-0.05, 0) is 36.7 Å². The van der Waals surface area contributed by atoms with E-state index in [4.69, 9.17) is 5.73 Å². The van der Waals surface area contributed by atoms with Crippen molar-refractivity contribution in [3.8, 4) is 0 Å². The first kappa shape index (κ1) is 15.5. The van der Waals surface area contributed by atoms with Gasteiger partial charge in [0.1, 0.15) is 0 Å². The van der Waals surface area contributed by atoms with Gasteiger partial charge in [-0.25, -0.2) is 0 Å². The third kappa shape index (κ3) is 3.84. The van der Waals surface area contributed by atoms with Crippen molar-refractivity contribution >= 4 is 11.8 Å². The molecule has 0 aliphatic heterocycles. The maximum absolute atomic E-state index is 6.14. The topological polar surface area (TPSA) is 26.0 Å². The van der Waals surface area contributed by atoms with Gasteiger partial charge >= 0.3 is 0 Å². The van der Waals surface area contributed by atoms with Crippen LogP contribution in [0.4, 0.5) is 0 Å². The smallest absolute Gasteiger partial charge is 0.0448 e. The van der Waals surface area contributed by atoms with Gasteiger partial charge in [0, 0.05) is 11.3 Å². The van der Waals surface area contributed by atoms with Crippen molar-refractivity contribution in [2.24, 2.45) is 5.73 Å². The zero-order valence-corrected chi connectivity index (χ0v) is 11.6. The molecule has 0 aromatic carbocycles. The Kier molecular flexibility index (Phi) is 8.40. The minimum Gasteiger partial charge on any atom is -0.326 e. The van der Waals surface area contributed by atoms with E-state index < -0.39 is 0 Å². The molecule has 0 bridgehead atoms. The Balaban J connectivity index is 0.00000106. The van der Waals surface area contributed by atoms with Crippen LogP contribution in [-0.2, 0) is 0 Å². The van der Waals surface area contributed by atoms with E-state index in [0.717, 1.165) is 19.3 Å². The Morgan fingerprint density at radius 3 is 2.38 bits per heavy atom. The predicted molar refractivity (Wildman–Crippen MR) is 77.9 cm³/mol. The van der Waals surface area contributed by atoms with Crippen molar-refractivity contribution in [3.63, 3.8) is 0 Å². The largest absolute Gasteiger partial charge is 0.326 e. The lowest BCUT2D eigenvalue weighted by molar-refractivity contribution is 0.611. The van der Waals surface area contributed by atoms with Gasteiger partial charge < -0.3 is 5.73 Å². The van der Waals surface area contributed by atoms with Crippen LogP contribution in [0.1, 0.15) is 33.1 Å². The average Bonchev–Trinajstić information content (AvgIpc) is 2.49. The third-order valence-corrected chi connectivity index (χ3v) is 3.88. The summed E-state index contributed by atoms with van der Waals surface area (Å²) in [4.78, 5) is 0. The van der Waals surface area contributed by atoms with E-state index in [9.17, 15) is 0 Å². The molecule has 0 spiro atoms. The summed E-state index contributed by atoms with van der Waals surface area (Å²) >= 11 is 1.82. The number of rotatable bonds is 3. The Hall–Kier alpha value is -0.470. The van der Waals surface area contributed by atoms with Crippen LogP contribution in [0.5, 0.6) is 0 Å². The summed E-state index contributed by atoms with van der Waals surface area (Å²) < 4.78 is 0. The number of hydrogen-bond acceptors (Lipinski definition) is 2. The van der Waals surface area contributed by atoms with Crippen LogP contribution in [0.3, 0.4) is 0 Å². The Bertz CT molecular complexity index is 255. The molecule has 0 aromatic heterocycles. The molecule has 0 heterocycles. The van der Waals surface area contributed by atoms with Crippen LogP contribution in [0.15, 0.2) is 36.5 Å². The molecule has 0 aromatic rings. The van der Waals surface area contributed by atoms with E-state index in [0.29, 0.717) is 5.25 Å². The number of hydrogen-bond donors (Lipinski definition) is 1. The fraction of sp³-hybridized carbons (Fsp3) is 0.571. The maximum Gasteiger partial charge on any atom is 0.0448 e. The van der Waals surface area contributed by atoms with Gasteiger partial charge in [-0.15, -0.1) is 0 Å². The maximum atomic E-state index is 6.14. The Morgan fingerprint density at radius 1 is 1.31 bits per heavy atom. The van der Waals surface area contributed by atoms with Gasteiger partial charge in [-0.1, -0.05) is 39.2 Å². The van der Waals surface area contributed by atoms with E-state index in [1.54, 1.807) is 0 Å². The first-order valence-electron chi connectivity index (χ1n) is 6.00. The molecule has 0 saturated carbocycles. The highest BCUT2D eigenvalue weighted by atomic mass is 32.2. The monoisotopic (exact) mass is 239 g/mol. The third-order valence-electron chi connectivity index (χ3n) is 2.77. The number of thioether (sulfide) groups is 1. The molecule has 0 fully saturated rings. The molecule has 2 unspecified atom stereocenters. The highest BCUT2D eigenvalue weighted by molar-refractivity contribution is 7.99. The molecule has 0 amide bonds. The van der Waals surface area contributed by atoms with Crippen LogP contribution in [0.25, 0.3) is 0 Å². The molecule has 92 valence electrons. The Labute approximate surface area is 105 Å². The van der Waals surface area contributed by atoms with E-state index in [2.05, 4.69) is 19.4 Å². The highest BCUT2D eigenvalue weighted by Crippen LogP contribution is 2.31. The number of allylic oxidation sites excluding steroid dienone is 3. The van der Waals surface area contributed by atoms with Crippen LogP contribution in [-0.4, -0.2) is 17.5 Å². The van der Waals surface area contributed by atoms with Crippen LogP contribution in [0, 0.1) is 0 Å². The van der Waals surface area contributed by atoms with Gasteiger partial charge in [0.15, 0.2) is 0 Å². The molecule has 0 radical (unpaired) electrons. The van der Waals surface area contributed by atoms with E-state index in [1.165, 1.54) is 11.1 Å². The molecule has 1 aliphatic carbocycles. The van der Waals surface area contributed by atoms with Crippen molar-refractivity contribution in [2.75, 3.05) is 6.26 Å². The van der Waals surface area contributed by atoms with E-state index in [1.807, 2.05) is 37.8 Å². The molecule has 2 atom stereocenters. The van der Waals surface area contributed by atoms with Crippen molar-refractivity contribution in [3.05, 3.63) is 36.5 Å². The lowest BCUT2D eigenvalue weighted by Crippen LogP contribution is -2.32. The second-order valence-electron chi connectivity index (χ2n) is 3.60. The van der Waals surface area contributed by atoms with Crippen molar-refractivity contribution in [1.82, 2.24) is 0 Å². The summed E-state index contributed by atoms with van der Waals surface area (Å²) in [6, 6.07) is 0.260. The van der Waals surface area contributed by atoms with Gasteiger partial charge in [-0.2, -0.15) is 11.8 Å². The highest BCUT2D eigenvalue weighted by Gasteiger charge is 2.23. The number of nitrogens with two attached hydrogens (primary N) is 1. The minimum atomic E-state index is 0.260. The van der Waals surface area contributed by atoms with E-state index >= 15 is 0 Å². The van der Waals surface area contributed by atoms with Crippen molar-refractivity contribution < 1.29 is 0 Å². The zero-order valence-electron chi connectivity index (χ0n) is 10.8. The van der Waals surface area contributed by atoms with Gasteiger partial charge in [-0.3, -0.25) is 0 Å². The SMILES string of the molecule is C=CC1=C(C=C)C(SC)C(N)CCC1.CC. The summed E-state index contributed by atoms with van der Waals surface area (Å²) in [5, 5.41) is 0.392. The summed E-state index contributed by atoms with van der Waals surface area (Å²) in [7, 11) is 0. The van der Waals surface area contributed by atoms with Crippen molar-refractivity contribution in [2.45, 2.75) is 44.4 Å². The van der Waals surface area contributed by atoms with Gasteiger partial charge in [0.2, 0.25) is 0 Å². The molecular formula is C14H25NS. The summed E-state index contributed by atoms with van der Waals surface area (Å²) in [5.74, 6) is 0. The fourth-order valence-corrected chi connectivity index (χ4v) is 2.99. The van der Waals surface area contributed by atoms with E-state index in [-0.39, 0.29) is 6.04 Å². The molecule has 2 heteroatoms. The minimum absolute atomic E-state index is 0.260. The summed E-state index contributed by atoms with van der Waals surface area (Å²) in [6.45, 7) is 11.7. The second kappa shape index (κ2) is 8.66. The van der Waals surface area contributed by atoms with Crippen LogP contribution < -0.4 is 5.73 Å².